The van der Waals surface area contributed by atoms with E-state index in [1.54, 1.807) is 30.1 Å². The highest BCUT2D eigenvalue weighted by molar-refractivity contribution is 6.32. The Labute approximate surface area is 160 Å². The van der Waals surface area contributed by atoms with E-state index >= 15 is 0 Å². The summed E-state index contributed by atoms with van der Waals surface area (Å²) in [5.74, 6) is 0.414. The molecule has 4 aromatic rings. The zero-order chi connectivity index (χ0) is 19.0. The van der Waals surface area contributed by atoms with Crippen molar-refractivity contribution >= 4 is 22.5 Å². The quantitative estimate of drug-likeness (QED) is 0.467. The van der Waals surface area contributed by atoms with Crippen molar-refractivity contribution in [2.24, 2.45) is 0 Å². The summed E-state index contributed by atoms with van der Waals surface area (Å²) in [6.45, 7) is 0. The molecule has 0 bridgehead atoms. The number of methoxy groups -OCH3 is 2. The van der Waals surface area contributed by atoms with Gasteiger partial charge in [0.15, 0.2) is 11.6 Å². The van der Waals surface area contributed by atoms with E-state index in [1.165, 1.54) is 13.2 Å². The largest absolute Gasteiger partial charge is 0.495 e. The molecule has 4 nitrogen and oxygen atoms in total. The lowest BCUT2D eigenvalue weighted by Crippen LogP contribution is -1.98. The molecule has 0 saturated carbocycles. The van der Waals surface area contributed by atoms with Gasteiger partial charge in [0.2, 0.25) is 0 Å². The summed E-state index contributed by atoms with van der Waals surface area (Å²) in [7, 11) is 3.03. The van der Waals surface area contributed by atoms with Crippen LogP contribution >= 0.6 is 11.6 Å². The third kappa shape index (κ3) is 3.11. The number of aromatic nitrogens is 2. The molecule has 0 aliphatic carbocycles. The van der Waals surface area contributed by atoms with Gasteiger partial charge in [0.25, 0.3) is 0 Å². The summed E-state index contributed by atoms with van der Waals surface area (Å²) in [4.78, 5) is 0. The molecule has 0 aliphatic heterocycles. The van der Waals surface area contributed by atoms with Gasteiger partial charge in [-0.15, -0.1) is 0 Å². The van der Waals surface area contributed by atoms with Crippen LogP contribution in [0.2, 0.25) is 5.02 Å². The van der Waals surface area contributed by atoms with Crippen molar-refractivity contribution in [3.8, 4) is 28.3 Å². The SMILES string of the molecule is COc1cc(-n2ncc3cc(-c4ccc(OC)c(Cl)c4)ccc32)ccc1F. The van der Waals surface area contributed by atoms with Crippen LogP contribution in [0.5, 0.6) is 11.5 Å². The van der Waals surface area contributed by atoms with Crippen LogP contribution in [-0.2, 0) is 0 Å². The molecule has 0 amide bonds. The summed E-state index contributed by atoms with van der Waals surface area (Å²) in [6, 6.07) is 16.4. The zero-order valence-corrected chi connectivity index (χ0v) is 15.5. The fourth-order valence-electron chi connectivity index (χ4n) is 3.04. The summed E-state index contributed by atoms with van der Waals surface area (Å²) in [5.41, 5.74) is 3.64. The first-order chi connectivity index (χ1) is 13.1. The van der Waals surface area contributed by atoms with Gasteiger partial charge in [0, 0.05) is 11.5 Å². The predicted octanol–water partition coefficient (Wildman–Crippen LogP) is 5.50. The minimum absolute atomic E-state index is 0.181. The number of nitrogens with zero attached hydrogens (tertiary/aromatic N) is 2. The first kappa shape index (κ1) is 17.4. The summed E-state index contributed by atoms with van der Waals surface area (Å²) >= 11 is 6.24. The second-order valence-corrected chi connectivity index (χ2v) is 6.41. The number of hydrogen-bond acceptors (Lipinski definition) is 3. The molecule has 0 N–H and O–H groups in total. The molecule has 0 radical (unpaired) electrons. The third-order valence-electron chi connectivity index (χ3n) is 4.43. The van der Waals surface area contributed by atoms with E-state index in [4.69, 9.17) is 21.1 Å². The molecular weight excluding hydrogens is 367 g/mol. The van der Waals surface area contributed by atoms with Crippen molar-refractivity contribution in [2.45, 2.75) is 0 Å². The van der Waals surface area contributed by atoms with Crippen LogP contribution < -0.4 is 9.47 Å². The summed E-state index contributed by atoms with van der Waals surface area (Å²) in [6.07, 6.45) is 1.78. The Morgan fingerprint density at radius 3 is 2.37 bits per heavy atom. The maximum absolute atomic E-state index is 13.7. The number of rotatable bonds is 4. The van der Waals surface area contributed by atoms with Crippen molar-refractivity contribution in [1.29, 1.82) is 0 Å². The average Bonchev–Trinajstić information content (AvgIpc) is 3.11. The number of halogens is 2. The van der Waals surface area contributed by atoms with Gasteiger partial charge in [-0.3, -0.25) is 0 Å². The van der Waals surface area contributed by atoms with Crippen molar-refractivity contribution in [3.63, 3.8) is 0 Å². The van der Waals surface area contributed by atoms with Gasteiger partial charge in [-0.1, -0.05) is 23.7 Å². The fourth-order valence-corrected chi connectivity index (χ4v) is 3.30. The van der Waals surface area contributed by atoms with Crippen LogP contribution in [-0.4, -0.2) is 24.0 Å². The molecule has 0 spiro atoms. The van der Waals surface area contributed by atoms with E-state index in [9.17, 15) is 4.39 Å². The lowest BCUT2D eigenvalue weighted by atomic mass is 10.0. The Hall–Kier alpha value is -3.05. The molecule has 0 saturated heterocycles. The minimum Gasteiger partial charge on any atom is -0.495 e. The van der Waals surface area contributed by atoms with E-state index in [0.29, 0.717) is 10.8 Å². The van der Waals surface area contributed by atoms with Gasteiger partial charge in [0.1, 0.15) is 5.75 Å². The Kier molecular flexibility index (Phi) is 4.46. The van der Waals surface area contributed by atoms with Gasteiger partial charge < -0.3 is 9.47 Å². The molecule has 4 rings (SSSR count). The molecule has 3 aromatic carbocycles. The third-order valence-corrected chi connectivity index (χ3v) is 4.73. The van der Waals surface area contributed by atoms with Crippen molar-refractivity contribution < 1.29 is 13.9 Å². The van der Waals surface area contributed by atoms with E-state index in [0.717, 1.165) is 27.7 Å². The highest BCUT2D eigenvalue weighted by Gasteiger charge is 2.11. The second-order valence-electron chi connectivity index (χ2n) is 6.00. The lowest BCUT2D eigenvalue weighted by Gasteiger charge is -2.08. The van der Waals surface area contributed by atoms with Crippen LogP contribution in [0.3, 0.4) is 0 Å². The highest BCUT2D eigenvalue weighted by Crippen LogP contribution is 2.32. The molecule has 1 heterocycles. The molecule has 0 fully saturated rings. The summed E-state index contributed by atoms with van der Waals surface area (Å²) in [5, 5.41) is 5.96. The second kappa shape index (κ2) is 6.93. The molecule has 0 aliphatic rings. The van der Waals surface area contributed by atoms with Gasteiger partial charge in [0.05, 0.1) is 36.6 Å². The Bertz CT molecular complexity index is 1140. The van der Waals surface area contributed by atoms with Crippen molar-refractivity contribution in [3.05, 3.63) is 71.6 Å². The van der Waals surface area contributed by atoms with Crippen LogP contribution in [0.25, 0.3) is 27.7 Å². The maximum Gasteiger partial charge on any atom is 0.165 e. The van der Waals surface area contributed by atoms with Crippen LogP contribution in [0, 0.1) is 5.82 Å². The lowest BCUT2D eigenvalue weighted by molar-refractivity contribution is 0.386. The molecular formula is C21H16ClFN2O2. The molecule has 0 atom stereocenters. The average molecular weight is 383 g/mol. The molecule has 27 heavy (non-hydrogen) atoms. The van der Waals surface area contributed by atoms with Gasteiger partial charge in [-0.25, -0.2) is 9.07 Å². The number of benzene rings is 3. The number of hydrogen-bond donors (Lipinski definition) is 0. The number of ether oxygens (including phenoxy) is 2. The fraction of sp³-hybridized carbons (Fsp3) is 0.0952. The predicted molar refractivity (Wildman–Crippen MR) is 105 cm³/mol. The van der Waals surface area contributed by atoms with Gasteiger partial charge in [-0.05, 0) is 47.5 Å². The molecule has 0 unspecified atom stereocenters. The molecule has 136 valence electrons. The Morgan fingerprint density at radius 1 is 0.889 bits per heavy atom. The molecule has 1 aromatic heterocycles. The van der Waals surface area contributed by atoms with E-state index < -0.39 is 5.82 Å². The maximum atomic E-state index is 13.7. The Balaban J connectivity index is 1.77. The highest BCUT2D eigenvalue weighted by atomic mass is 35.5. The first-order valence-electron chi connectivity index (χ1n) is 8.26. The van der Waals surface area contributed by atoms with Crippen LogP contribution in [0.4, 0.5) is 4.39 Å². The summed E-state index contributed by atoms with van der Waals surface area (Å²) < 4.78 is 25.7. The van der Waals surface area contributed by atoms with Crippen molar-refractivity contribution in [1.82, 2.24) is 9.78 Å². The van der Waals surface area contributed by atoms with Gasteiger partial charge >= 0.3 is 0 Å². The Morgan fingerprint density at radius 2 is 1.63 bits per heavy atom. The standard InChI is InChI=1S/C21H16ClFN2O2/c1-26-20-8-4-14(10-17(20)22)13-3-7-19-15(9-13)12-24-25(19)16-5-6-18(23)21(11-16)27-2/h3-12H,1-2H3. The minimum atomic E-state index is -0.406. The van der Waals surface area contributed by atoms with E-state index in [-0.39, 0.29) is 5.75 Å². The van der Waals surface area contributed by atoms with Gasteiger partial charge in [-0.2, -0.15) is 5.10 Å². The van der Waals surface area contributed by atoms with Crippen LogP contribution in [0.1, 0.15) is 0 Å². The smallest absolute Gasteiger partial charge is 0.165 e. The number of fused-ring (bicyclic) bond motifs is 1. The van der Waals surface area contributed by atoms with E-state index in [2.05, 4.69) is 5.10 Å². The normalized spacial score (nSPS) is 11.0. The monoisotopic (exact) mass is 382 g/mol. The van der Waals surface area contributed by atoms with Crippen molar-refractivity contribution in [2.75, 3.05) is 14.2 Å². The zero-order valence-electron chi connectivity index (χ0n) is 14.7. The van der Waals surface area contributed by atoms with E-state index in [1.807, 2.05) is 36.4 Å². The topological polar surface area (TPSA) is 36.3 Å². The molecule has 6 heteroatoms. The van der Waals surface area contributed by atoms with Crippen LogP contribution in [0.15, 0.2) is 60.8 Å². The first-order valence-corrected chi connectivity index (χ1v) is 8.64.